The van der Waals surface area contributed by atoms with Crippen LogP contribution in [0.25, 0.3) is 0 Å². The van der Waals surface area contributed by atoms with Gasteiger partial charge in [-0.3, -0.25) is 9.59 Å². The van der Waals surface area contributed by atoms with E-state index >= 15 is 0 Å². The Balaban J connectivity index is 2.00. The quantitative estimate of drug-likeness (QED) is 0.647. The van der Waals surface area contributed by atoms with Gasteiger partial charge in [0.05, 0.1) is 0 Å². The number of carbonyl (C=O) groups excluding carboxylic acids is 2. The Kier molecular flexibility index (Phi) is 4.35. The van der Waals surface area contributed by atoms with E-state index in [1.807, 2.05) is 12.1 Å². The third kappa shape index (κ3) is 3.38. The zero-order valence-corrected chi connectivity index (χ0v) is 13.0. The van der Waals surface area contributed by atoms with Gasteiger partial charge < -0.3 is 0 Å². The first-order valence-corrected chi connectivity index (χ1v) is 7.53. The first-order chi connectivity index (χ1) is 11.1. The molecule has 0 aliphatic rings. The second-order valence-electron chi connectivity index (χ2n) is 5.12. The molecular formula is C20H13ClO2. The Bertz CT molecular complexity index is 786. The van der Waals surface area contributed by atoms with Gasteiger partial charge in [-0.05, 0) is 18.2 Å². The van der Waals surface area contributed by atoms with Crippen molar-refractivity contribution in [3.05, 3.63) is 106 Å². The van der Waals surface area contributed by atoms with Crippen molar-refractivity contribution in [3.63, 3.8) is 0 Å². The number of hydrogen-bond donors (Lipinski definition) is 0. The molecule has 0 fully saturated rings. The van der Waals surface area contributed by atoms with Crippen LogP contribution in [-0.4, -0.2) is 11.6 Å². The van der Waals surface area contributed by atoms with Gasteiger partial charge in [0.1, 0.15) is 0 Å². The van der Waals surface area contributed by atoms with E-state index in [1.165, 1.54) is 0 Å². The topological polar surface area (TPSA) is 34.1 Å². The van der Waals surface area contributed by atoms with Crippen LogP contribution in [0.5, 0.6) is 0 Å². The Hall–Kier alpha value is -2.71. The van der Waals surface area contributed by atoms with Crippen LogP contribution in [0.4, 0.5) is 0 Å². The van der Waals surface area contributed by atoms with Gasteiger partial charge in [-0.2, -0.15) is 0 Å². The second-order valence-corrected chi connectivity index (χ2v) is 5.56. The van der Waals surface area contributed by atoms with Gasteiger partial charge in [-0.15, -0.1) is 0 Å². The molecule has 3 heteroatoms. The van der Waals surface area contributed by atoms with Crippen molar-refractivity contribution in [2.24, 2.45) is 0 Å². The number of hydrogen-bond acceptors (Lipinski definition) is 2. The lowest BCUT2D eigenvalue weighted by molar-refractivity contribution is 0.103. The van der Waals surface area contributed by atoms with E-state index in [0.29, 0.717) is 27.3 Å². The monoisotopic (exact) mass is 320 g/mol. The summed E-state index contributed by atoms with van der Waals surface area (Å²) in [6.07, 6.45) is 0. The van der Waals surface area contributed by atoms with Crippen molar-refractivity contribution in [1.82, 2.24) is 0 Å². The highest BCUT2D eigenvalue weighted by atomic mass is 35.5. The molecule has 0 aliphatic heterocycles. The van der Waals surface area contributed by atoms with Crippen LogP contribution in [0.3, 0.4) is 0 Å². The van der Waals surface area contributed by atoms with E-state index in [9.17, 15) is 9.59 Å². The molecule has 0 saturated heterocycles. The number of carbonyl (C=O) groups is 2. The van der Waals surface area contributed by atoms with Crippen LogP contribution in [0, 0.1) is 0 Å². The van der Waals surface area contributed by atoms with Gasteiger partial charge in [-0.1, -0.05) is 72.3 Å². The van der Waals surface area contributed by atoms with E-state index in [4.69, 9.17) is 11.6 Å². The zero-order chi connectivity index (χ0) is 16.2. The van der Waals surface area contributed by atoms with Crippen molar-refractivity contribution in [1.29, 1.82) is 0 Å². The molecule has 3 aromatic carbocycles. The highest BCUT2D eigenvalue weighted by Crippen LogP contribution is 2.20. The van der Waals surface area contributed by atoms with Crippen molar-refractivity contribution in [2.75, 3.05) is 0 Å². The second kappa shape index (κ2) is 6.59. The average Bonchev–Trinajstić information content (AvgIpc) is 2.61. The predicted octanol–water partition coefficient (Wildman–Crippen LogP) is 4.80. The molecule has 0 amide bonds. The molecular weight excluding hydrogens is 308 g/mol. The van der Waals surface area contributed by atoms with Gasteiger partial charge >= 0.3 is 0 Å². The molecule has 0 heterocycles. The largest absolute Gasteiger partial charge is 0.289 e. The fourth-order valence-corrected chi connectivity index (χ4v) is 2.60. The Morgan fingerprint density at radius 2 is 0.957 bits per heavy atom. The fraction of sp³-hybridized carbons (Fsp3) is 0. The smallest absolute Gasteiger partial charge is 0.193 e. The molecule has 3 aromatic rings. The summed E-state index contributed by atoms with van der Waals surface area (Å²) in [7, 11) is 0. The molecule has 112 valence electrons. The van der Waals surface area contributed by atoms with Crippen LogP contribution in [0.2, 0.25) is 5.02 Å². The standard InChI is InChI=1S/C20H13ClO2/c21-18-12-16(19(22)14-7-3-1-4-8-14)11-17(13-18)20(23)15-9-5-2-6-10-15/h1-13H. The van der Waals surface area contributed by atoms with Gasteiger partial charge in [0.15, 0.2) is 11.6 Å². The SMILES string of the molecule is O=C(c1ccccc1)c1cc(Cl)cc(C(=O)c2ccccc2)c1. The molecule has 0 saturated carbocycles. The van der Waals surface area contributed by atoms with Gasteiger partial charge in [0, 0.05) is 27.3 Å². The summed E-state index contributed by atoms with van der Waals surface area (Å²) < 4.78 is 0. The van der Waals surface area contributed by atoms with E-state index < -0.39 is 0 Å². The highest BCUT2D eigenvalue weighted by molar-refractivity contribution is 6.32. The summed E-state index contributed by atoms with van der Waals surface area (Å²) in [6.45, 7) is 0. The molecule has 0 N–H and O–H groups in total. The first kappa shape index (κ1) is 15.2. The maximum Gasteiger partial charge on any atom is 0.193 e. The minimum atomic E-state index is -0.157. The third-order valence-corrected chi connectivity index (χ3v) is 3.71. The minimum absolute atomic E-state index is 0.157. The summed E-state index contributed by atoms with van der Waals surface area (Å²) in [6, 6.07) is 22.6. The number of rotatable bonds is 4. The maximum atomic E-state index is 12.5. The maximum absolute atomic E-state index is 12.5. The number of ketones is 2. The van der Waals surface area contributed by atoms with Crippen molar-refractivity contribution in [3.8, 4) is 0 Å². The normalized spacial score (nSPS) is 10.3. The van der Waals surface area contributed by atoms with Crippen LogP contribution in [-0.2, 0) is 0 Å². The summed E-state index contributed by atoms with van der Waals surface area (Å²) >= 11 is 6.11. The van der Waals surface area contributed by atoms with Crippen LogP contribution in [0.15, 0.2) is 78.9 Å². The molecule has 3 rings (SSSR count). The Morgan fingerprint density at radius 1 is 0.565 bits per heavy atom. The first-order valence-electron chi connectivity index (χ1n) is 7.15. The molecule has 0 atom stereocenters. The molecule has 0 radical (unpaired) electrons. The summed E-state index contributed by atoms with van der Waals surface area (Å²) in [5.41, 5.74) is 1.94. The molecule has 2 nitrogen and oxygen atoms in total. The molecule has 0 aromatic heterocycles. The van der Waals surface area contributed by atoms with Crippen LogP contribution < -0.4 is 0 Å². The number of halogens is 1. The lowest BCUT2D eigenvalue weighted by Gasteiger charge is -2.06. The van der Waals surface area contributed by atoms with Crippen LogP contribution in [0.1, 0.15) is 31.8 Å². The lowest BCUT2D eigenvalue weighted by Crippen LogP contribution is -2.06. The zero-order valence-electron chi connectivity index (χ0n) is 12.2. The third-order valence-electron chi connectivity index (χ3n) is 3.49. The van der Waals surface area contributed by atoms with Crippen LogP contribution >= 0.6 is 11.6 Å². The molecule has 23 heavy (non-hydrogen) atoms. The van der Waals surface area contributed by atoms with Crippen molar-refractivity contribution in [2.45, 2.75) is 0 Å². The van der Waals surface area contributed by atoms with E-state index in [2.05, 4.69) is 0 Å². The Morgan fingerprint density at radius 3 is 1.35 bits per heavy atom. The molecule has 0 bridgehead atoms. The van der Waals surface area contributed by atoms with Gasteiger partial charge in [0.25, 0.3) is 0 Å². The summed E-state index contributed by atoms with van der Waals surface area (Å²) in [5, 5.41) is 0.367. The van der Waals surface area contributed by atoms with Crippen molar-refractivity contribution < 1.29 is 9.59 Å². The lowest BCUT2D eigenvalue weighted by atomic mass is 9.97. The Labute approximate surface area is 139 Å². The number of benzene rings is 3. The van der Waals surface area contributed by atoms with E-state index in [-0.39, 0.29) is 11.6 Å². The predicted molar refractivity (Wildman–Crippen MR) is 91.2 cm³/mol. The van der Waals surface area contributed by atoms with E-state index in [1.54, 1.807) is 66.7 Å². The highest BCUT2D eigenvalue weighted by Gasteiger charge is 2.15. The molecule has 0 unspecified atom stereocenters. The van der Waals surface area contributed by atoms with Gasteiger partial charge in [0.2, 0.25) is 0 Å². The molecule has 0 spiro atoms. The average molecular weight is 321 g/mol. The molecule has 0 aliphatic carbocycles. The fourth-order valence-electron chi connectivity index (χ4n) is 2.36. The van der Waals surface area contributed by atoms with Crippen molar-refractivity contribution >= 4 is 23.2 Å². The van der Waals surface area contributed by atoms with E-state index in [0.717, 1.165) is 0 Å². The minimum Gasteiger partial charge on any atom is -0.289 e. The summed E-state index contributed by atoms with van der Waals surface area (Å²) in [5.74, 6) is -0.314. The van der Waals surface area contributed by atoms with Gasteiger partial charge in [-0.25, -0.2) is 0 Å². The summed E-state index contributed by atoms with van der Waals surface area (Å²) in [4.78, 5) is 25.1.